The van der Waals surface area contributed by atoms with Gasteiger partial charge in [-0.1, -0.05) is 60.7 Å². The molecule has 6 aromatic rings. The number of benzene rings is 4. The van der Waals surface area contributed by atoms with Crippen LogP contribution in [-0.2, 0) is 24.2 Å². The Hall–Kier alpha value is -5.43. The van der Waals surface area contributed by atoms with Crippen molar-refractivity contribution in [2.24, 2.45) is 0 Å². The molecule has 0 saturated heterocycles. The molecule has 42 heavy (non-hydrogen) atoms. The normalized spacial score (nSPS) is 12.6. The topological polar surface area (TPSA) is 72.3 Å². The molecule has 0 atom stereocenters. The first-order valence-electron chi connectivity index (χ1n) is 14.1. The van der Waals surface area contributed by atoms with Crippen molar-refractivity contribution in [3.63, 3.8) is 0 Å². The molecule has 0 aliphatic carbocycles. The van der Waals surface area contributed by atoms with Crippen LogP contribution in [0.3, 0.4) is 0 Å². The first kappa shape index (κ1) is 25.5. The number of hydrogen-bond acceptors (Lipinski definition) is 5. The molecule has 0 saturated carbocycles. The minimum Gasteiger partial charge on any atom is -0.457 e. The summed E-state index contributed by atoms with van der Waals surface area (Å²) in [5.74, 6) is 2.96. The van der Waals surface area contributed by atoms with Gasteiger partial charge in [-0.15, -0.1) is 10.2 Å². The van der Waals surface area contributed by atoms with Crippen molar-refractivity contribution in [2.45, 2.75) is 19.4 Å². The largest absolute Gasteiger partial charge is 0.457 e. The zero-order chi connectivity index (χ0) is 28.3. The first-order chi connectivity index (χ1) is 20.7. The second-order valence-corrected chi connectivity index (χ2v) is 10.4. The fourth-order valence-corrected chi connectivity index (χ4v) is 5.50. The zero-order valence-corrected chi connectivity index (χ0v) is 23.0. The molecule has 7 rings (SSSR count). The lowest BCUT2D eigenvalue weighted by molar-refractivity contribution is -0.115. The summed E-state index contributed by atoms with van der Waals surface area (Å²) in [5.41, 5.74) is 5.36. The SMILES string of the molecule is O=C(Cc1cn(-c2ccc(N3CCc4ccccc4C3)nn2)c2ccccc12)Nc1ccc(Oc2ccccc2)cc1. The quantitative estimate of drug-likeness (QED) is 0.232. The fraction of sp³-hybridized carbons (Fsp3) is 0.114. The summed E-state index contributed by atoms with van der Waals surface area (Å²) in [6.45, 7) is 1.75. The number of hydrogen-bond donors (Lipinski definition) is 1. The van der Waals surface area contributed by atoms with Crippen molar-refractivity contribution in [2.75, 3.05) is 16.8 Å². The maximum Gasteiger partial charge on any atom is 0.228 e. The van der Waals surface area contributed by atoms with Crippen molar-refractivity contribution in [3.8, 4) is 17.3 Å². The zero-order valence-electron chi connectivity index (χ0n) is 23.0. The predicted octanol–water partition coefficient (Wildman–Crippen LogP) is 6.96. The maximum absolute atomic E-state index is 13.1. The van der Waals surface area contributed by atoms with Crippen LogP contribution in [-0.4, -0.2) is 27.2 Å². The molecule has 1 N–H and O–H groups in total. The van der Waals surface area contributed by atoms with Gasteiger partial charge < -0.3 is 15.0 Å². The van der Waals surface area contributed by atoms with E-state index in [2.05, 4.69) is 44.7 Å². The number of anilines is 2. The van der Waals surface area contributed by atoms with E-state index >= 15 is 0 Å². The van der Waals surface area contributed by atoms with Gasteiger partial charge in [-0.3, -0.25) is 9.36 Å². The third-order valence-corrected chi connectivity index (χ3v) is 7.60. The molecule has 1 aliphatic rings. The van der Waals surface area contributed by atoms with E-state index in [1.807, 2.05) is 102 Å². The highest BCUT2D eigenvalue weighted by Crippen LogP contribution is 2.27. The molecule has 3 heterocycles. The Balaban J connectivity index is 1.06. The molecule has 4 aromatic carbocycles. The summed E-state index contributed by atoms with van der Waals surface area (Å²) >= 11 is 0. The molecule has 0 unspecified atom stereocenters. The van der Waals surface area contributed by atoms with E-state index in [0.717, 1.165) is 47.5 Å². The highest BCUT2D eigenvalue weighted by molar-refractivity contribution is 5.96. The van der Waals surface area contributed by atoms with E-state index in [4.69, 9.17) is 4.74 Å². The average molecular weight is 552 g/mol. The van der Waals surface area contributed by atoms with Crippen LogP contribution >= 0.6 is 0 Å². The number of carbonyl (C=O) groups excluding carboxylic acids is 1. The third kappa shape index (κ3) is 5.32. The number of aromatic nitrogens is 3. The number of nitrogens with one attached hydrogen (secondary N) is 1. The van der Waals surface area contributed by atoms with Gasteiger partial charge in [0.1, 0.15) is 11.5 Å². The number of nitrogens with zero attached hydrogens (tertiary/aromatic N) is 4. The Kier molecular flexibility index (Phi) is 6.82. The molecule has 206 valence electrons. The van der Waals surface area contributed by atoms with Crippen LogP contribution < -0.4 is 15.0 Å². The fourth-order valence-electron chi connectivity index (χ4n) is 5.50. The first-order valence-corrected chi connectivity index (χ1v) is 14.1. The number of ether oxygens (including phenoxy) is 1. The van der Waals surface area contributed by atoms with Gasteiger partial charge in [0.25, 0.3) is 0 Å². The van der Waals surface area contributed by atoms with Gasteiger partial charge in [-0.05, 0) is 77.7 Å². The van der Waals surface area contributed by atoms with Crippen molar-refractivity contribution >= 4 is 28.3 Å². The van der Waals surface area contributed by atoms with Gasteiger partial charge in [0.2, 0.25) is 5.91 Å². The molecular weight excluding hydrogens is 522 g/mol. The molecule has 7 heteroatoms. The monoisotopic (exact) mass is 551 g/mol. The standard InChI is InChI=1S/C35H29N5O2/c41-35(36-28-14-16-30(17-15-28)42-29-10-2-1-3-11-29)22-27-24-40(32-13-7-6-12-31(27)32)34-19-18-33(37-38-34)39-21-20-25-8-4-5-9-26(25)23-39/h1-19,24H,20-23H2,(H,36,41). The summed E-state index contributed by atoms with van der Waals surface area (Å²) in [6, 6.07) is 37.7. The average Bonchev–Trinajstić information content (AvgIpc) is 3.40. The molecule has 1 amide bonds. The van der Waals surface area contributed by atoms with E-state index < -0.39 is 0 Å². The summed E-state index contributed by atoms with van der Waals surface area (Å²) < 4.78 is 7.86. The van der Waals surface area contributed by atoms with E-state index in [1.54, 1.807) is 0 Å². The minimum atomic E-state index is -0.0959. The van der Waals surface area contributed by atoms with Gasteiger partial charge in [-0.25, -0.2) is 0 Å². The van der Waals surface area contributed by atoms with Crippen molar-refractivity contribution in [1.29, 1.82) is 0 Å². The Labute approximate surface area is 244 Å². The van der Waals surface area contributed by atoms with Crippen LogP contribution in [0.25, 0.3) is 16.7 Å². The number of carbonyl (C=O) groups is 1. The van der Waals surface area contributed by atoms with E-state index in [0.29, 0.717) is 17.3 Å². The highest BCUT2D eigenvalue weighted by Gasteiger charge is 2.18. The molecule has 2 aromatic heterocycles. The van der Waals surface area contributed by atoms with Gasteiger partial charge in [-0.2, -0.15) is 0 Å². The molecule has 1 aliphatic heterocycles. The predicted molar refractivity (Wildman–Crippen MR) is 165 cm³/mol. The van der Waals surface area contributed by atoms with Gasteiger partial charge in [0.15, 0.2) is 11.6 Å². The number of para-hydroxylation sites is 2. The van der Waals surface area contributed by atoms with Crippen LogP contribution in [0.2, 0.25) is 0 Å². The molecule has 0 radical (unpaired) electrons. The summed E-state index contributed by atoms with van der Waals surface area (Å²) in [6.07, 6.45) is 3.22. The maximum atomic E-state index is 13.1. The van der Waals surface area contributed by atoms with Crippen LogP contribution in [0.4, 0.5) is 11.5 Å². The van der Waals surface area contributed by atoms with Crippen molar-refractivity contribution < 1.29 is 9.53 Å². The Morgan fingerprint density at radius 3 is 2.24 bits per heavy atom. The smallest absolute Gasteiger partial charge is 0.228 e. The Morgan fingerprint density at radius 2 is 1.43 bits per heavy atom. The van der Waals surface area contributed by atoms with Gasteiger partial charge in [0, 0.05) is 30.4 Å². The Morgan fingerprint density at radius 1 is 0.738 bits per heavy atom. The molecule has 0 fully saturated rings. The third-order valence-electron chi connectivity index (χ3n) is 7.60. The summed E-state index contributed by atoms with van der Waals surface area (Å²) in [4.78, 5) is 15.3. The van der Waals surface area contributed by atoms with E-state index in [-0.39, 0.29) is 12.3 Å². The van der Waals surface area contributed by atoms with Crippen LogP contribution in [0, 0.1) is 0 Å². The second kappa shape index (κ2) is 11.2. The summed E-state index contributed by atoms with van der Waals surface area (Å²) in [7, 11) is 0. The lowest BCUT2D eigenvalue weighted by atomic mass is 10.00. The second-order valence-electron chi connectivity index (χ2n) is 10.4. The van der Waals surface area contributed by atoms with Crippen LogP contribution in [0.5, 0.6) is 11.5 Å². The lowest BCUT2D eigenvalue weighted by Crippen LogP contribution is -2.31. The van der Waals surface area contributed by atoms with Gasteiger partial charge in [0.05, 0.1) is 11.9 Å². The van der Waals surface area contributed by atoms with Crippen LogP contribution in [0.15, 0.2) is 121 Å². The number of fused-ring (bicyclic) bond motifs is 2. The molecule has 0 bridgehead atoms. The number of rotatable bonds is 7. The summed E-state index contributed by atoms with van der Waals surface area (Å²) in [5, 5.41) is 13.2. The van der Waals surface area contributed by atoms with E-state index in [9.17, 15) is 4.79 Å². The number of amides is 1. The minimum absolute atomic E-state index is 0.0959. The van der Waals surface area contributed by atoms with Crippen molar-refractivity contribution in [1.82, 2.24) is 14.8 Å². The van der Waals surface area contributed by atoms with Gasteiger partial charge >= 0.3 is 0 Å². The van der Waals surface area contributed by atoms with Crippen molar-refractivity contribution in [3.05, 3.63) is 138 Å². The van der Waals surface area contributed by atoms with Crippen LogP contribution in [0.1, 0.15) is 16.7 Å². The molecule has 7 nitrogen and oxygen atoms in total. The Bertz CT molecular complexity index is 1850. The lowest BCUT2D eigenvalue weighted by Gasteiger charge is -2.29. The molecular formula is C35H29N5O2. The molecule has 0 spiro atoms. The highest BCUT2D eigenvalue weighted by atomic mass is 16.5. The van der Waals surface area contributed by atoms with E-state index in [1.165, 1.54) is 11.1 Å².